The molecule has 1 rings (SSSR count). The SMILES string of the molecule is CCC(C)C(NC(N)=O)C(=O)N(C)C1COCC1C(=O)O. The molecule has 1 heterocycles. The summed E-state index contributed by atoms with van der Waals surface area (Å²) in [6.45, 7) is 3.97. The maximum absolute atomic E-state index is 12.5. The van der Waals surface area contributed by atoms with Crippen LogP contribution < -0.4 is 11.1 Å². The molecule has 1 saturated heterocycles. The van der Waals surface area contributed by atoms with E-state index in [9.17, 15) is 14.4 Å². The molecule has 1 aliphatic heterocycles. The number of aliphatic carboxylic acids is 1. The molecular weight excluding hydrogens is 278 g/mol. The van der Waals surface area contributed by atoms with Gasteiger partial charge in [0.1, 0.15) is 12.0 Å². The van der Waals surface area contributed by atoms with Gasteiger partial charge in [0.05, 0.1) is 19.3 Å². The Labute approximate surface area is 123 Å². The fourth-order valence-corrected chi connectivity index (χ4v) is 2.38. The largest absolute Gasteiger partial charge is 0.481 e. The van der Waals surface area contributed by atoms with Crippen molar-refractivity contribution in [1.82, 2.24) is 10.2 Å². The number of nitrogens with zero attached hydrogens (tertiary/aromatic N) is 1. The average Bonchev–Trinajstić information content (AvgIpc) is 2.91. The Balaban J connectivity index is 2.86. The van der Waals surface area contributed by atoms with Crippen LogP contribution in [-0.4, -0.2) is 60.3 Å². The number of carbonyl (C=O) groups is 3. The second kappa shape index (κ2) is 7.26. The first kappa shape index (κ1) is 17.2. The second-order valence-corrected chi connectivity index (χ2v) is 5.37. The van der Waals surface area contributed by atoms with Crippen LogP contribution in [0.5, 0.6) is 0 Å². The Morgan fingerprint density at radius 3 is 2.52 bits per heavy atom. The van der Waals surface area contributed by atoms with Gasteiger partial charge in [0.2, 0.25) is 5.91 Å². The van der Waals surface area contributed by atoms with E-state index < -0.39 is 30.0 Å². The summed E-state index contributed by atoms with van der Waals surface area (Å²) in [5.41, 5.74) is 5.11. The predicted octanol–water partition coefficient (Wildman–Crippen LogP) is -0.373. The molecule has 0 aromatic heterocycles. The average molecular weight is 301 g/mol. The van der Waals surface area contributed by atoms with Gasteiger partial charge in [0, 0.05) is 7.05 Å². The quantitative estimate of drug-likeness (QED) is 0.617. The van der Waals surface area contributed by atoms with Crippen molar-refractivity contribution in [3.05, 3.63) is 0 Å². The smallest absolute Gasteiger partial charge is 0.312 e. The summed E-state index contributed by atoms with van der Waals surface area (Å²) in [7, 11) is 1.52. The Hall–Kier alpha value is -1.83. The van der Waals surface area contributed by atoms with Crippen molar-refractivity contribution < 1.29 is 24.2 Å². The summed E-state index contributed by atoms with van der Waals surface area (Å²) in [6, 6.07) is -2.09. The van der Waals surface area contributed by atoms with E-state index in [0.717, 1.165) is 0 Å². The zero-order valence-corrected chi connectivity index (χ0v) is 12.5. The summed E-state index contributed by atoms with van der Waals surface area (Å²) in [5, 5.41) is 11.6. The third-order valence-corrected chi connectivity index (χ3v) is 3.99. The Morgan fingerprint density at radius 1 is 1.43 bits per heavy atom. The molecule has 8 nitrogen and oxygen atoms in total. The lowest BCUT2D eigenvalue weighted by Crippen LogP contribution is -2.55. The van der Waals surface area contributed by atoms with E-state index in [-0.39, 0.29) is 25.0 Å². The normalized spacial score (nSPS) is 24.1. The van der Waals surface area contributed by atoms with Crippen LogP contribution in [0.3, 0.4) is 0 Å². The number of hydrogen-bond acceptors (Lipinski definition) is 4. The number of primary amides is 1. The maximum atomic E-state index is 12.5. The van der Waals surface area contributed by atoms with Gasteiger partial charge in [-0.05, 0) is 5.92 Å². The molecule has 3 amide bonds. The van der Waals surface area contributed by atoms with Crippen LogP contribution in [0.1, 0.15) is 20.3 Å². The Kier molecular flexibility index (Phi) is 5.95. The first-order valence-electron chi connectivity index (χ1n) is 6.92. The van der Waals surface area contributed by atoms with Crippen molar-refractivity contribution in [2.45, 2.75) is 32.4 Å². The van der Waals surface area contributed by atoms with Gasteiger partial charge in [-0.15, -0.1) is 0 Å². The number of nitrogens with one attached hydrogen (secondary N) is 1. The summed E-state index contributed by atoms with van der Waals surface area (Å²) in [5.74, 6) is -2.23. The van der Waals surface area contributed by atoms with Crippen molar-refractivity contribution >= 4 is 17.9 Å². The summed E-state index contributed by atoms with van der Waals surface area (Å²) >= 11 is 0. The molecule has 4 N–H and O–H groups in total. The highest BCUT2D eigenvalue weighted by Crippen LogP contribution is 2.21. The van der Waals surface area contributed by atoms with Gasteiger partial charge in [-0.2, -0.15) is 0 Å². The van der Waals surface area contributed by atoms with Gasteiger partial charge in [0.25, 0.3) is 0 Å². The zero-order valence-electron chi connectivity index (χ0n) is 12.5. The molecule has 0 aromatic rings. The minimum atomic E-state index is -1.000. The summed E-state index contributed by atoms with van der Waals surface area (Å²) < 4.78 is 5.16. The maximum Gasteiger partial charge on any atom is 0.312 e. The first-order valence-corrected chi connectivity index (χ1v) is 6.92. The number of urea groups is 1. The number of hydrogen-bond donors (Lipinski definition) is 3. The van der Waals surface area contributed by atoms with Gasteiger partial charge < -0.3 is 25.8 Å². The third kappa shape index (κ3) is 4.07. The van der Waals surface area contributed by atoms with Crippen LogP contribution in [-0.2, 0) is 14.3 Å². The molecule has 21 heavy (non-hydrogen) atoms. The minimum Gasteiger partial charge on any atom is -0.481 e. The van der Waals surface area contributed by atoms with E-state index in [4.69, 9.17) is 15.6 Å². The number of amides is 3. The number of carbonyl (C=O) groups excluding carboxylic acids is 2. The van der Waals surface area contributed by atoms with Crippen molar-refractivity contribution in [3.63, 3.8) is 0 Å². The van der Waals surface area contributed by atoms with E-state index in [1.54, 1.807) is 0 Å². The van der Waals surface area contributed by atoms with E-state index in [1.165, 1.54) is 11.9 Å². The number of likely N-dealkylation sites (N-methyl/N-ethyl adjacent to an activating group) is 1. The van der Waals surface area contributed by atoms with Crippen LogP contribution in [0, 0.1) is 11.8 Å². The highest BCUT2D eigenvalue weighted by Gasteiger charge is 2.40. The number of ether oxygens (including phenoxy) is 1. The van der Waals surface area contributed by atoms with Crippen LogP contribution >= 0.6 is 0 Å². The van der Waals surface area contributed by atoms with E-state index in [0.29, 0.717) is 6.42 Å². The van der Waals surface area contributed by atoms with Gasteiger partial charge >= 0.3 is 12.0 Å². The van der Waals surface area contributed by atoms with Gasteiger partial charge in [-0.1, -0.05) is 20.3 Å². The molecule has 0 radical (unpaired) electrons. The van der Waals surface area contributed by atoms with E-state index >= 15 is 0 Å². The lowest BCUT2D eigenvalue weighted by molar-refractivity contribution is -0.145. The van der Waals surface area contributed by atoms with Crippen molar-refractivity contribution in [2.75, 3.05) is 20.3 Å². The van der Waals surface area contributed by atoms with Gasteiger partial charge in [-0.25, -0.2) is 4.79 Å². The molecule has 0 aliphatic carbocycles. The number of nitrogens with two attached hydrogens (primary N) is 1. The lowest BCUT2D eigenvalue weighted by Gasteiger charge is -2.32. The molecule has 4 atom stereocenters. The van der Waals surface area contributed by atoms with Crippen LogP contribution in [0.25, 0.3) is 0 Å². The molecule has 1 aliphatic rings. The molecule has 0 spiro atoms. The van der Waals surface area contributed by atoms with Crippen LogP contribution in [0.15, 0.2) is 0 Å². The molecule has 4 unspecified atom stereocenters. The van der Waals surface area contributed by atoms with Crippen molar-refractivity contribution in [3.8, 4) is 0 Å². The molecule has 0 saturated carbocycles. The number of rotatable bonds is 6. The van der Waals surface area contributed by atoms with E-state index in [1.807, 2.05) is 13.8 Å². The highest BCUT2D eigenvalue weighted by molar-refractivity contribution is 5.87. The zero-order chi connectivity index (χ0) is 16.2. The van der Waals surface area contributed by atoms with Crippen molar-refractivity contribution in [2.24, 2.45) is 17.6 Å². The summed E-state index contributed by atoms with van der Waals surface area (Å²) in [6.07, 6.45) is 0.675. The monoisotopic (exact) mass is 301 g/mol. The number of carboxylic acid groups (broad SMARTS) is 1. The predicted molar refractivity (Wildman–Crippen MR) is 74.5 cm³/mol. The molecule has 0 bridgehead atoms. The third-order valence-electron chi connectivity index (χ3n) is 3.99. The standard InChI is InChI=1S/C13H23N3O5/c1-4-7(2)10(15-13(14)20)11(17)16(3)9-6-21-5-8(9)12(18)19/h7-10H,4-6H2,1-3H3,(H,18,19)(H3,14,15,20). The highest BCUT2D eigenvalue weighted by atomic mass is 16.5. The number of carboxylic acids is 1. The van der Waals surface area contributed by atoms with Crippen molar-refractivity contribution in [1.29, 1.82) is 0 Å². The minimum absolute atomic E-state index is 0.0782. The van der Waals surface area contributed by atoms with Gasteiger partial charge in [-0.3, -0.25) is 9.59 Å². The Morgan fingerprint density at radius 2 is 2.05 bits per heavy atom. The molecular formula is C13H23N3O5. The first-order chi connectivity index (χ1) is 9.79. The summed E-state index contributed by atoms with van der Waals surface area (Å²) in [4.78, 5) is 36.1. The fraction of sp³-hybridized carbons (Fsp3) is 0.769. The lowest BCUT2D eigenvalue weighted by atomic mass is 9.96. The van der Waals surface area contributed by atoms with Crippen LogP contribution in [0.4, 0.5) is 4.79 Å². The van der Waals surface area contributed by atoms with Gasteiger partial charge in [0.15, 0.2) is 0 Å². The molecule has 1 fully saturated rings. The fourth-order valence-electron chi connectivity index (χ4n) is 2.38. The van der Waals surface area contributed by atoms with E-state index in [2.05, 4.69) is 5.32 Å². The van der Waals surface area contributed by atoms with Crippen LogP contribution in [0.2, 0.25) is 0 Å². The molecule has 120 valence electrons. The molecule has 0 aromatic carbocycles. The Bertz CT molecular complexity index is 415. The second-order valence-electron chi connectivity index (χ2n) is 5.37. The topological polar surface area (TPSA) is 122 Å². The molecule has 8 heteroatoms.